The maximum absolute atomic E-state index is 14.4. The lowest BCUT2D eigenvalue weighted by atomic mass is 9.87. The molecule has 5 rings (SSSR count). The van der Waals surface area contributed by atoms with E-state index in [1.165, 1.54) is 18.2 Å². The maximum atomic E-state index is 14.4. The first-order valence-electron chi connectivity index (χ1n) is 16.0. The molecule has 0 unspecified atom stereocenters. The number of fused-ring (bicyclic) bond motifs is 4. The second kappa shape index (κ2) is 13.0. The van der Waals surface area contributed by atoms with Crippen LogP contribution in [0.15, 0.2) is 53.4 Å². The Bertz CT molecular complexity index is 1710. The number of benzene rings is 2. The summed E-state index contributed by atoms with van der Waals surface area (Å²) in [7, 11) is -4.19. The van der Waals surface area contributed by atoms with Gasteiger partial charge in [-0.05, 0) is 88.1 Å². The highest BCUT2D eigenvalue weighted by Crippen LogP contribution is 2.32. The van der Waals surface area contributed by atoms with Gasteiger partial charge in [0.05, 0.1) is 16.6 Å². The van der Waals surface area contributed by atoms with Gasteiger partial charge in [0.1, 0.15) is 13.2 Å². The fourth-order valence-electron chi connectivity index (χ4n) is 6.69. The number of carbonyl (C=O) groups is 2. The van der Waals surface area contributed by atoms with Crippen molar-refractivity contribution in [2.24, 2.45) is 5.41 Å². The minimum Gasteiger partial charge on any atom is -0.475 e. The van der Waals surface area contributed by atoms with E-state index < -0.39 is 22.0 Å². The average Bonchev–Trinajstić information content (AvgIpc) is 2.96. The van der Waals surface area contributed by atoms with E-state index >= 15 is 0 Å². The highest BCUT2D eigenvalue weighted by Gasteiger charge is 2.36. The summed E-state index contributed by atoms with van der Waals surface area (Å²) in [6.07, 6.45) is 3.39. The third-order valence-corrected chi connectivity index (χ3v) is 10.1. The number of anilines is 1. The Morgan fingerprint density at radius 1 is 1.00 bits per heavy atom. The molecule has 1 N–H and O–H groups in total. The molecule has 10 nitrogen and oxygen atoms in total. The van der Waals surface area contributed by atoms with Crippen LogP contribution in [0.1, 0.15) is 81.8 Å². The molecule has 246 valence electrons. The lowest BCUT2D eigenvalue weighted by Crippen LogP contribution is -2.55. The first-order valence-corrected chi connectivity index (χ1v) is 17.4. The molecule has 2 aliphatic heterocycles. The van der Waals surface area contributed by atoms with Crippen molar-refractivity contribution >= 4 is 27.8 Å². The summed E-state index contributed by atoms with van der Waals surface area (Å²) in [5.41, 5.74) is 3.21. The Balaban J connectivity index is 1.64. The van der Waals surface area contributed by atoms with Crippen LogP contribution in [0.25, 0.3) is 11.3 Å². The van der Waals surface area contributed by atoms with Gasteiger partial charge in [-0.25, -0.2) is 18.1 Å². The molecule has 11 heteroatoms. The number of hydrogen-bond acceptors (Lipinski definition) is 7. The molecule has 3 heterocycles. The zero-order valence-corrected chi connectivity index (χ0v) is 28.6. The standard InChI is InChI=1S/C35H45N5O5S/c1-22-11-8-12-23(2)32(22)29-18-30-37-34(36-29)38-46(43,44)28-16-10-15-26(17-28)33(42)39(27(21-45-30)19-35(5,6)7)20-31(41)40-24(3)13-9-14-25(40)4/h8,10-12,15-18,24-25,27H,9,13-14,19-21H2,1-7H3,(H,36,37,38)/t24-,25+,27-/m1/s1. The normalized spacial score (nSPS) is 21.7. The van der Waals surface area contributed by atoms with Gasteiger partial charge in [-0.2, -0.15) is 4.98 Å². The fraction of sp³-hybridized carbons (Fsp3) is 0.486. The first kappa shape index (κ1) is 33.4. The van der Waals surface area contributed by atoms with Crippen molar-refractivity contribution in [3.8, 4) is 17.1 Å². The highest BCUT2D eigenvalue weighted by atomic mass is 32.2. The van der Waals surface area contributed by atoms with Crippen LogP contribution >= 0.6 is 0 Å². The quantitative estimate of drug-likeness (QED) is 0.369. The molecule has 1 saturated heterocycles. The number of carbonyl (C=O) groups excluding carboxylic acids is 2. The van der Waals surface area contributed by atoms with Crippen molar-refractivity contribution in [3.05, 3.63) is 65.2 Å². The molecule has 3 atom stereocenters. The van der Waals surface area contributed by atoms with Crippen LogP contribution in [0.2, 0.25) is 0 Å². The van der Waals surface area contributed by atoms with E-state index in [1.807, 2.05) is 50.8 Å². The Morgan fingerprint density at radius 2 is 1.65 bits per heavy atom. The molecule has 0 spiro atoms. The largest absolute Gasteiger partial charge is 0.475 e. The Labute approximate surface area is 272 Å². The van der Waals surface area contributed by atoms with Gasteiger partial charge in [0.15, 0.2) is 0 Å². The lowest BCUT2D eigenvalue weighted by molar-refractivity contribution is -0.138. The van der Waals surface area contributed by atoms with Gasteiger partial charge >= 0.3 is 0 Å². The number of likely N-dealkylation sites (tertiary alicyclic amines) is 1. The van der Waals surface area contributed by atoms with Crippen LogP contribution in [0.5, 0.6) is 5.88 Å². The second-order valence-electron chi connectivity index (χ2n) is 13.9. The number of rotatable bonds is 4. The van der Waals surface area contributed by atoms with Crippen LogP contribution < -0.4 is 9.46 Å². The number of nitrogens with one attached hydrogen (secondary N) is 1. The van der Waals surface area contributed by atoms with Gasteiger partial charge in [0.25, 0.3) is 15.9 Å². The van der Waals surface area contributed by atoms with E-state index in [1.54, 1.807) is 17.0 Å². The van der Waals surface area contributed by atoms with Crippen molar-refractivity contribution in [2.75, 3.05) is 17.9 Å². The number of nitrogens with zero attached hydrogens (tertiary/aromatic N) is 4. The van der Waals surface area contributed by atoms with Gasteiger partial charge in [-0.3, -0.25) is 9.59 Å². The van der Waals surface area contributed by atoms with E-state index in [0.29, 0.717) is 12.1 Å². The van der Waals surface area contributed by atoms with Crippen molar-refractivity contribution in [2.45, 2.75) is 97.2 Å². The van der Waals surface area contributed by atoms with E-state index in [-0.39, 0.29) is 58.8 Å². The molecule has 1 fully saturated rings. The minimum absolute atomic E-state index is 0.0382. The highest BCUT2D eigenvalue weighted by molar-refractivity contribution is 7.92. The van der Waals surface area contributed by atoms with Gasteiger partial charge in [0.2, 0.25) is 17.7 Å². The number of ether oxygens (including phenoxy) is 1. The number of aromatic nitrogens is 2. The summed E-state index contributed by atoms with van der Waals surface area (Å²) >= 11 is 0. The Hall–Kier alpha value is -3.99. The van der Waals surface area contributed by atoms with Crippen molar-refractivity contribution in [1.82, 2.24) is 19.8 Å². The van der Waals surface area contributed by atoms with Crippen molar-refractivity contribution < 1.29 is 22.7 Å². The molecule has 0 aliphatic carbocycles. The van der Waals surface area contributed by atoms with Crippen molar-refractivity contribution in [1.29, 1.82) is 0 Å². The molecule has 2 aromatic carbocycles. The van der Waals surface area contributed by atoms with Crippen LogP contribution in [0, 0.1) is 19.3 Å². The van der Waals surface area contributed by atoms with E-state index in [0.717, 1.165) is 36.0 Å². The molecule has 3 aromatic rings. The molecule has 0 saturated carbocycles. The molecular weight excluding hydrogens is 602 g/mol. The molecular formula is C35H45N5O5S. The summed E-state index contributed by atoms with van der Waals surface area (Å²) in [5.74, 6) is -0.553. The second-order valence-corrected chi connectivity index (χ2v) is 15.6. The topological polar surface area (TPSA) is 122 Å². The molecule has 0 radical (unpaired) electrons. The maximum Gasteiger partial charge on any atom is 0.264 e. The van der Waals surface area contributed by atoms with Gasteiger partial charge < -0.3 is 14.5 Å². The number of sulfonamides is 1. The summed E-state index contributed by atoms with van der Waals surface area (Å²) in [4.78, 5) is 40.7. The van der Waals surface area contributed by atoms with Crippen LogP contribution in [0.3, 0.4) is 0 Å². The average molecular weight is 648 g/mol. The number of hydrogen-bond donors (Lipinski definition) is 1. The Kier molecular flexibility index (Phi) is 9.45. The third kappa shape index (κ3) is 7.35. The first-order chi connectivity index (χ1) is 21.6. The summed E-state index contributed by atoms with van der Waals surface area (Å²) in [6, 6.07) is 13.0. The van der Waals surface area contributed by atoms with Crippen molar-refractivity contribution in [3.63, 3.8) is 0 Å². The van der Waals surface area contributed by atoms with Crippen LogP contribution in [0.4, 0.5) is 5.95 Å². The predicted octanol–water partition coefficient (Wildman–Crippen LogP) is 5.99. The number of piperidine rings is 1. The number of aryl methyl sites for hydroxylation is 2. The summed E-state index contributed by atoms with van der Waals surface area (Å²) in [5, 5.41) is 0. The molecule has 4 bridgehead atoms. The summed E-state index contributed by atoms with van der Waals surface area (Å²) in [6.45, 7) is 14.1. The van der Waals surface area contributed by atoms with E-state index in [4.69, 9.17) is 4.74 Å². The van der Waals surface area contributed by atoms with Crippen LogP contribution in [-0.2, 0) is 14.8 Å². The fourth-order valence-corrected chi connectivity index (χ4v) is 7.68. The monoisotopic (exact) mass is 647 g/mol. The van der Waals surface area contributed by atoms with Gasteiger partial charge in [0, 0.05) is 29.3 Å². The molecule has 1 aromatic heterocycles. The summed E-state index contributed by atoms with van der Waals surface area (Å²) < 4.78 is 36.1. The number of amides is 2. The molecule has 2 amide bonds. The third-order valence-electron chi connectivity index (χ3n) is 8.82. The molecule has 2 aliphatic rings. The van der Waals surface area contributed by atoms with Crippen LogP contribution in [-0.4, -0.2) is 71.3 Å². The SMILES string of the molecule is Cc1cccc(C)c1-c1cc2nc(n1)NS(=O)(=O)c1cccc(c1)C(=O)N(CC(=O)N1[C@H](C)CCC[C@@H]1C)[C@H](CC(C)(C)C)CO2. The zero-order valence-electron chi connectivity index (χ0n) is 27.8. The van der Waals surface area contributed by atoms with E-state index in [9.17, 15) is 18.0 Å². The van der Waals surface area contributed by atoms with E-state index in [2.05, 4.69) is 35.5 Å². The Morgan fingerprint density at radius 3 is 2.30 bits per heavy atom. The predicted molar refractivity (Wildman–Crippen MR) is 178 cm³/mol. The zero-order chi connectivity index (χ0) is 33.4. The molecule has 46 heavy (non-hydrogen) atoms. The lowest BCUT2D eigenvalue weighted by Gasteiger charge is -2.41. The minimum atomic E-state index is -4.19. The smallest absolute Gasteiger partial charge is 0.264 e. The van der Waals surface area contributed by atoms with Gasteiger partial charge in [-0.15, -0.1) is 0 Å². The van der Waals surface area contributed by atoms with Gasteiger partial charge in [-0.1, -0.05) is 45.0 Å².